The van der Waals surface area contributed by atoms with Crippen LogP contribution in [0.5, 0.6) is 0 Å². The molecule has 7 heteroatoms. The summed E-state index contributed by atoms with van der Waals surface area (Å²) in [4.78, 5) is 25.6. The van der Waals surface area contributed by atoms with Crippen molar-refractivity contribution in [3.05, 3.63) is 0 Å². The van der Waals surface area contributed by atoms with Gasteiger partial charge in [-0.3, -0.25) is 0 Å². The first-order chi connectivity index (χ1) is 2.00. The van der Waals surface area contributed by atoms with E-state index in [9.17, 15) is 0 Å². The summed E-state index contributed by atoms with van der Waals surface area (Å²) in [6.45, 7) is 0. The minimum Gasteiger partial charge on any atom is -0.822 e. The van der Waals surface area contributed by atoms with Gasteiger partial charge >= 0.3 is 17.4 Å². The molecule has 0 aromatic heterocycles. The zero-order valence-corrected chi connectivity index (χ0v) is 4.71. The van der Waals surface area contributed by atoms with Gasteiger partial charge in [0, 0.05) is 0 Å². The molecule has 0 spiro atoms. The van der Waals surface area contributed by atoms with Crippen molar-refractivity contribution in [2.24, 2.45) is 0 Å². The molecule has 0 rings (SSSR count). The molecule has 0 aliphatic carbocycles. The van der Waals surface area contributed by atoms with Gasteiger partial charge in [0.1, 0.15) is 0 Å². The van der Waals surface area contributed by atoms with Crippen LogP contribution in [0.2, 0.25) is 0 Å². The Labute approximate surface area is 56.0 Å². The van der Waals surface area contributed by atoms with E-state index in [1.807, 2.05) is 0 Å². The van der Waals surface area contributed by atoms with Crippen LogP contribution >= 0.6 is 7.82 Å². The van der Waals surface area contributed by atoms with Gasteiger partial charge in [0.15, 0.2) is 0 Å². The SMILES string of the molecule is O=P([O-])([O-])[O-].[Al+3].[SiH4]. The molecule has 0 bridgehead atoms. The van der Waals surface area contributed by atoms with E-state index < -0.39 is 7.82 Å². The maximum Gasteiger partial charge on any atom is 3.00 e. The molecule has 0 amide bonds. The van der Waals surface area contributed by atoms with Crippen LogP contribution in [0.1, 0.15) is 0 Å². The maximum atomic E-state index is 8.55. The number of rotatable bonds is 0. The monoisotopic (exact) mass is 154 g/mol. The third-order valence-corrected chi connectivity index (χ3v) is 0. The van der Waals surface area contributed by atoms with Gasteiger partial charge in [-0.2, -0.15) is 7.82 Å². The van der Waals surface area contributed by atoms with E-state index in [0.717, 1.165) is 0 Å². The molecule has 0 unspecified atom stereocenters. The van der Waals surface area contributed by atoms with Crippen LogP contribution in [0.3, 0.4) is 0 Å². The predicted molar refractivity (Wildman–Crippen MR) is 24.7 cm³/mol. The molecular weight excluding hydrogens is 150 g/mol. The zero-order valence-electron chi connectivity index (χ0n) is 2.66. The van der Waals surface area contributed by atoms with Gasteiger partial charge in [-0.05, 0) is 11.0 Å². The smallest absolute Gasteiger partial charge is 0.822 e. The normalized spacial score (nSPS) is 8.43. The quantitative estimate of drug-likeness (QED) is 0.259. The minimum atomic E-state index is -5.39. The Bertz CT molecular complexity index is 57.8. The summed E-state index contributed by atoms with van der Waals surface area (Å²) in [5, 5.41) is 0. The maximum absolute atomic E-state index is 8.55. The second-order valence-corrected chi connectivity index (χ2v) is 1.34. The number of hydrogen-bond acceptors (Lipinski definition) is 4. The van der Waals surface area contributed by atoms with Crippen molar-refractivity contribution >= 4 is 36.1 Å². The fourth-order valence-electron chi connectivity index (χ4n) is 0. The van der Waals surface area contributed by atoms with Crippen LogP contribution in [-0.4, -0.2) is 28.3 Å². The van der Waals surface area contributed by atoms with E-state index in [1.54, 1.807) is 0 Å². The summed E-state index contributed by atoms with van der Waals surface area (Å²) in [5.41, 5.74) is 0. The van der Waals surface area contributed by atoms with E-state index in [0.29, 0.717) is 0 Å². The van der Waals surface area contributed by atoms with Crippen LogP contribution in [-0.2, 0) is 4.57 Å². The molecule has 0 heterocycles. The van der Waals surface area contributed by atoms with Gasteiger partial charge in [0.2, 0.25) is 0 Å². The first-order valence-corrected chi connectivity index (χ1v) is 2.19. The molecule has 0 atom stereocenters. The van der Waals surface area contributed by atoms with E-state index in [-0.39, 0.29) is 28.3 Å². The molecule has 7 heavy (non-hydrogen) atoms. The summed E-state index contributed by atoms with van der Waals surface area (Å²) < 4.78 is 8.55. The van der Waals surface area contributed by atoms with E-state index in [2.05, 4.69) is 0 Å². The van der Waals surface area contributed by atoms with Gasteiger partial charge in [-0.25, -0.2) is 0 Å². The van der Waals surface area contributed by atoms with Crippen LogP contribution in [0, 0.1) is 0 Å². The van der Waals surface area contributed by atoms with Gasteiger partial charge in [-0.1, -0.05) is 0 Å². The molecule has 0 radical (unpaired) electrons. The summed E-state index contributed by atoms with van der Waals surface area (Å²) in [7, 11) is -5.39. The molecule has 0 aromatic rings. The van der Waals surface area contributed by atoms with Crippen molar-refractivity contribution in [1.82, 2.24) is 0 Å². The van der Waals surface area contributed by atoms with Crippen LogP contribution in [0.25, 0.3) is 0 Å². The molecule has 0 aliphatic rings. The molecule has 0 saturated heterocycles. The first kappa shape index (κ1) is 15.7. The van der Waals surface area contributed by atoms with Crippen LogP contribution < -0.4 is 14.7 Å². The topological polar surface area (TPSA) is 86.2 Å². The Hall–Kier alpha value is 0.859. The fraction of sp³-hybridized carbons (Fsp3) is 0. The van der Waals surface area contributed by atoms with Gasteiger partial charge in [0.25, 0.3) is 0 Å². The van der Waals surface area contributed by atoms with Crippen LogP contribution in [0.4, 0.5) is 0 Å². The molecule has 0 fully saturated rings. The summed E-state index contributed by atoms with van der Waals surface area (Å²) >= 11 is 0. The Morgan fingerprint density at radius 2 is 1.14 bits per heavy atom. The first-order valence-electron chi connectivity index (χ1n) is 0.730. The van der Waals surface area contributed by atoms with Gasteiger partial charge < -0.3 is 19.2 Å². The van der Waals surface area contributed by atoms with Crippen molar-refractivity contribution in [3.63, 3.8) is 0 Å². The molecule has 0 aromatic carbocycles. The Morgan fingerprint density at radius 1 is 1.14 bits per heavy atom. The molecular formula is H4AlO4PSi. The second kappa shape index (κ2) is 5.01. The standard InChI is InChI=1S/Al.H3O4P.H4Si/c;1-5(2,3)4;/h;(H3,1,2,3,4);1H4/q+3;;/p-3. The van der Waals surface area contributed by atoms with Crippen molar-refractivity contribution in [2.45, 2.75) is 0 Å². The summed E-state index contributed by atoms with van der Waals surface area (Å²) in [5.74, 6) is 0. The molecule has 40 valence electrons. The number of phosphoric acid groups is 1. The van der Waals surface area contributed by atoms with E-state index >= 15 is 0 Å². The zero-order chi connectivity index (χ0) is 4.50. The minimum absolute atomic E-state index is 0. The average Bonchev–Trinajstić information content (AvgIpc) is 0.722. The summed E-state index contributed by atoms with van der Waals surface area (Å²) in [6.07, 6.45) is 0. The van der Waals surface area contributed by atoms with Gasteiger partial charge in [-0.15, -0.1) is 0 Å². The van der Waals surface area contributed by atoms with Crippen LogP contribution in [0.15, 0.2) is 0 Å². The Kier molecular flexibility index (Phi) is 11.2. The number of hydrogen-bond donors (Lipinski definition) is 0. The second-order valence-electron chi connectivity index (χ2n) is 0.447. The Morgan fingerprint density at radius 3 is 1.14 bits per heavy atom. The Balaban J connectivity index is -0.0000000800. The van der Waals surface area contributed by atoms with E-state index in [1.165, 1.54) is 0 Å². The molecule has 0 aliphatic heterocycles. The molecule has 0 saturated carbocycles. The van der Waals surface area contributed by atoms with E-state index in [4.69, 9.17) is 19.2 Å². The van der Waals surface area contributed by atoms with Crippen molar-refractivity contribution in [1.29, 1.82) is 0 Å². The average molecular weight is 154 g/mol. The predicted octanol–water partition coefficient (Wildman–Crippen LogP) is -4.66. The van der Waals surface area contributed by atoms with Crippen molar-refractivity contribution in [3.8, 4) is 0 Å². The van der Waals surface area contributed by atoms with Crippen molar-refractivity contribution < 1.29 is 19.2 Å². The van der Waals surface area contributed by atoms with Crippen molar-refractivity contribution in [2.75, 3.05) is 0 Å². The molecule has 4 nitrogen and oxygen atoms in total. The largest absolute Gasteiger partial charge is 3.00 e. The molecule has 0 N–H and O–H groups in total. The fourth-order valence-corrected chi connectivity index (χ4v) is 0. The van der Waals surface area contributed by atoms with Gasteiger partial charge in [0.05, 0.1) is 0 Å². The third kappa shape index (κ3) is 219. The summed E-state index contributed by atoms with van der Waals surface area (Å²) in [6, 6.07) is 0. The third-order valence-electron chi connectivity index (χ3n) is 0.